The molecule has 106 valence electrons. The first-order chi connectivity index (χ1) is 8.96. The Bertz CT molecular complexity index is 555. The monoisotopic (exact) mass is 282 g/mol. The minimum absolute atomic E-state index is 0.135. The zero-order valence-corrected chi connectivity index (χ0v) is 12.4. The standard InChI is InChI=1S/C14H22N2O2S/c1-3-13-6-4-5-9-16(13)19(17,18)14-8-7-12(15)10-11(14)2/h7-8,10,13H,3-6,9,15H2,1-2H3. The van der Waals surface area contributed by atoms with E-state index < -0.39 is 10.0 Å². The smallest absolute Gasteiger partial charge is 0.243 e. The maximum atomic E-state index is 12.8. The van der Waals surface area contributed by atoms with E-state index in [1.54, 1.807) is 29.4 Å². The van der Waals surface area contributed by atoms with Gasteiger partial charge in [0, 0.05) is 18.3 Å². The summed E-state index contributed by atoms with van der Waals surface area (Å²) in [6, 6.07) is 5.14. The molecule has 0 bridgehead atoms. The third-order valence-electron chi connectivity index (χ3n) is 3.83. The minimum atomic E-state index is -3.39. The number of nitrogens with zero attached hydrogens (tertiary/aromatic N) is 1. The molecule has 1 heterocycles. The maximum Gasteiger partial charge on any atom is 0.243 e. The van der Waals surface area contributed by atoms with Crippen LogP contribution in [0, 0.1) is 6.92 Å². The molecule has 0 aliphatic carbocycles. The molecule has 0 radical (unpaired) electrons. The normalized spacial score (nSPS) is 21.5. The van der Waals surface area contributed by atoms with E-state index in [1.807, 2.05) is 6.92 Å². The van der Waals surface area contributed by atoms with Gasteiger partial charge in [0.25, 0.3) is 0 Å². The van der Waals surface area contributed by atoms with Gasteiger partial charge in [0.15, 0.2) is 0 Å². The molecule has 1 saturated heterocycles. The molecule has 1 aliphatic heterocycles. The summed E-state index contributed by atoms with van der Waals surface area (Å²) in [5, 5.41) is 0. The van der Waals surface area contributed by atoms with Crippen molar-refractivity contribution in [3.8, 4) is 0 Å². The van der Waals surface area contributed by atoms with E-state index in [0.29, 0.717) is 17.1 Å². The van der Waals surface area contributed by atoms with Crippen molar-refractivity contribution in [1.82, 2.24) is 4.31 Å². The molecule has 0 spiro atoms. The van der Waals surface area contributed by atoms with Crippen LogP contribution in [0.25, 0.3) is 0 Å². The first-order valence-corrected chi connectivity index (χ1v) is 8.28. The Morgan fingerprint density at radius 3 is 2.74 bits per heavy atom. The lowest BCUT2D eigenvalue weighted by Crippen LogP contribution is -2.43. The van der Waals surface area contributed by atoms with E-state index in [1.165, 1.54) is 0 Å². The zero-order valence-electron chi connectivity index (χ0n) is 11.6. The van der Waals surface area contributed by atoms with Gasteiger partial charge >= 0.3 is 0 Å². The third-order valence-corrected chi connectivity index (χ3v) is 5.94. The second kappa shape index (κ2) is 5.51. The van der Waals surface area contributed by atoms with E-state index in [-0.39, 0.29) is 6.04 Å². The van der Waals surface area contributed by atoms with Crippen molar-refractivity contribution in [1.29, 1.82) is 0 Å². The number of anilines is 1. The Morgan fingerprint density at radius 1 is 1.37 bits per heavy atom. The Balaban J connectivity index is 2.40. The molecular weight excluding hydrogens is 260 g/mol. The van der Waals surface area contributed by atoms with Crippen molar-refractivity contribution >= 4 is 15.7 Å². The van der Waals surface area contributed by atoms with E-state index in [0.717, 1.165) is 31.2 Å². The molecule has 1 unspecified atom stereocenters. The van der Waals surface area contributed by atoms with Gasteiger partial charge in [-0.05, 0) is 49.9 Å². The van der Waals surface area contributed by atoms with Crippen molar-refractivity contribution in [3.05, 3.63) is 23.8 Å². The topological polar surface area (TPSA) is 63.4 Å². The average molecular weight is 282 g/mol. The summed E-state index contributed by atoms with van der Waals surface area (Å²) in [6.07, 6.45) is 3.89. The van der Waals surface area contributed by atoms with Gasteiger partial charge in [-0.3, -0.25) is 0 Å². The van der Waals surface area contributed by atoms with Gasteiger partial charge in [-0.1, -0.05) is 13.3 Å². The van der Waals surface area contributed by atoms with Crippen LogP contribution in [0.4, 0.5) is 5.69 Å². The fourth-order valence-electron chi connectivity index (χ4n) is 2.79. The maximum absolute atomic E-state index is 12.8. The SMILES string of the molecule is CCC1CCCCN1S(=O)(=O)c1ccc(N)cc1C. The highest BCUT2D eigenvalue weighted by atomic mass is 32.2. The molecule has 1 fully saturated rings. The van der Waals surface area contributed by atoms with Crippen molar-refractivity contribution in [2.24, 2.45) is 0 Å². The van der Waals surface area contributed by atoms with Crippen molar-refractivity contribution in [2.75, 3.05) is 12.3 Å². The molecule has 1 aromatic rings. The van der Waals surface area contributed by atoms with E-state index in [2.05, 4.69) is 0 Å². The summed E-state index contributed by atoms with van der Waals surface area (Å²) in [5.41, 5.74) is 7.02. The van der Waals surface area contributed by atoms with Gasteiger partial charge in [0.05, 0.1) is 4.90 Å². The number of hydrogen-bond acceptors (Lipinski definition) is 3. The molecule has 2 rings (SSSR count). The first kappa shape index (κ1) is 14.3. The molecule has 4 nitrogen and oxygen atoms in total. The Kier molecular flexibility index (Phi) is 4.16. The summed E-state index contributed by atoms with van der Waals surface area (Å²) in [5.74, 6) is 0. The van der Waals surface area contributed by atoms with Crippen LogP contribution in [0.1, 0.15) is 38.2 Å². The lowest BCUT2D eigenvalue weighted by molar-refractivity contribution is 0.246. The zero-order chi connectivity index (χ0) is 14.0. The Labute approximate surface area is 115 Å². The highest BCUT2D eigenvalue weighted by Gasteiger charge is 2.33. The number of nitrogens with two attached hydrogens (primary N) is 1. The van der Waals surface area contributed by atoms with Gasteiger partial charge in [0.2, 0.25) is 10.0 Å². The molecule has 1 atom stereocenters. The molecule has 5 heteroatoms. The number of aryl methyl sites for hydroxylation is 1. The van der Waals surface area contributed by atoms with Crippen LogP contribution in [-0.2, 0) is 10.0 Å². The fraction of sp³-hybridized carbons (Fsp3) is 0.571. The molecule has 1 aromatic carbocycles. The van der Waals surface area contributed by atoms with Gasteiger partial charge < -0.3 is 5.73 Å². The average Bonchev–Trinajstić information content (AvgIpc) is 2.38. The van der Waals surface area contributed by atoms with Gasteiger partial charge in [-0.25, -0.2) is 8.42 Å². The fourth-order valence-corrected chi connectivity index (χ4v) is 4.76. The van der Waals surface area contributed by atoms with Crippen LogP contribution in [0.15, 0.2) is 23.1 Å². The van der Waals surface area contributed by atoms with E-state index in [4.69, 9.17) is 5.73 Å². The Morgan fingerprint density at radius 2 is 2.11 bits per heavy atom. The van der Waals surface area contributed by atoms with E-state index >= 15 is 0 Å². The van der Waals surface area contributed by atoms with Crippen LogP contribution >= 0.6 is 0 Å². The summed E-state index contributed by atoms with van der Waals surface area (Å²) < 4.78 is 27.2. The second-order valence-electron chi connectivity index (χ2n) is 5.20. The summed E-state index contributed by atoms with van der Waals surface area (Å²) in [7, 11) is -3.39. The highest BCUT2D eigenvalue weighted by molar-refractivity contribution is 7.89. The van der Waals surface area contributed by atoms with Crippen LogP contribution < -0.4 is 5.73 Å². The second-order valence-corrected chi connectivity index (χ2v) is 7.06. The quantitative estimate of drug-likeness (QED) is 0.866. The predicted octanol–water partition coefficient (Wildman–Crippen LogP) is 2.53. The van der Waals surface area contributed by atoms with Crippen LogP contribution in [-0.4, -0.2) is 25.3 Å². The predicted molar refractivity (Wildman–Crippen MR) is 77.4 cm³/mol. The highest BCUT2D eigenvalue weighted by Crippen LogP contribution is 2.29. The van der Waals surface area contributed by atoms with Gasteiger partial charge in [0.1, 0.15) is 0 Å². The van der Waals surface area contributed by atoms with Crippen molar-refractivity contribution in [2.45, 2.75) is 50.5 Å². The third kappa shape index (κ3) is 2.77. The molecule has 19 heavy (non-hydrogen) atoms. The number of rotatable bonds is 3. The molecule has 0 aromatic heterocycles. The lowest BCUT2D eigenvalue weighted by Gasteiger charge is -2.34. The Hall–Kier alpha value is -1.07. The number of nitrogen functional groups attached to an aromatic ring is 1. The molecule has 1 aliphatic rings. The minimum Gasteiger partial charge on any atom is -0.399 e. The van der Waals surface area contributed by atoms with E-state index in [9.17, 15) is 8.42 Å². The largest absolute Gasteiger partial charge is 0.399 e. The molecule has 2 N–H and O–H groups in total. The van der Waals surface area contributed by atoms with Crippen LogP contribution in [0.2, 0.25) is 0 Å². The summed E-state index contributed by atoms with van der Waals surface area (Å²) in [6.45, 7) is 4.48. The summed E-state index contributed by atoms with van der Waals surface area (Å²) in [4.78, 5) is 0.391. The molecule has 0 saturated carbocycles. The number of benzene rings is 1. The van der Waals surface area contributed by atoms with Crippen molar-refractivity contribution in [3.63, 3.8) is 0 Å². The summed E-state index contributed by atoms with van der Waals surface area (Å²) >= 11 is 0. The first-order valence-electron chi connectivity index (χ1n) is 6.84. The molecular formula is C14H22N2O2S. The van der Waals surface area contributed by atoms with Gasteiger partial charge in [-0.2, -0.15) is 4.31 Å². The number of piperidine rings is 1. The van der Waals surface area contributed by atoms with Gasteiger partial charge in [-0.15, -0.1) is 0 Å². The number of hydrogen-bond donors (Lipinski definition) is 1. The number of sulfonamides is 1. The van der Waals surface area contributed by atoms with Crippen LogP contribution in [0.3, 0.4) is 0 Å². The van der Waals surface area contributed by atoms with Crippen molar-refractivity contribution < 1.29 is 8.42 Å². The van der Waals surface area contributed by atoms with Crippen LogP contribution in [0.5, 0.6) is 0 Å². The molecule has 0 amide bonds. The lowest BCUT2D eigenvalue weighted by atomic mass is 10.0.